The van der Waals surface area contributed by atoms with Crippen molar-refractivity contribution in [2.75, 3.05) is 6.54 Å². The molecule has 0 saturated carbocycles. The van der Waals surface area contributed by atoms with Crippen molar-refractivity contribution < 1.29 is 9.53 Å². The van der Waals surface area contributed by atoms with Crippen LogP contribution in [0.2, 0.25) is 0 Å². The second-order valence-corrected chi connectivity index (χ2v) is 8.02. The summed E-state index contributed by atoms with van der Waals surface area (Å²) < 4.78 is 9.51. The third kappa shape index (κ3) is 3.08. The van der Waals surface area contributed by atoms with Gasteiger partial charge in [0.05, 0.1) is 29.3 Å². The van der Waals surface area contributed by atoms with Gasteiger partial charge in [0.15, 0.2) is 0 Å². The zero-order valence-electron chi connectivity index (χ0n) is 16.5. The first-order valence-corrected chi connectivity index (χ1v) is 10.3. The maximum atomic E-state index is 13.3. The second-order valence-electron chi connectivity index (χ2n) is 8.02. The quantitative estimate of drug-likeness (QED) is 0.690. The molecule has 3 aromatic rings. The molecule has 0 bridgehead atoms. The molecule has 5 rings (SSSR count). The Hall–Kier alpha value is -2.86. The number of benzene rings is 2. The number of amides is 1. The maximum absolute atomic E-state index is 13.3. The highest BCUT2D eigenvalue weighted by atomic mass is 16.5. The predicted octanol–water partition coefficient (Wildman–Crippen LogP) is 2.86. The molecule has 2 aliphatic rings. The van der Waals surface area contributed by atoms with Crippen molar-refractivity contribution in [1.29, 1.82) is 0 Å². The lowest BCUT2D eigenvalue weighted by Crippen LogP contribution is -2.50. The fourth-order valence-electron chi connectivity index (χ4n) is 4.88. The van der Waals surface area contributed by atoms with E-state index in [1.165, 1.54) is 5.56 Å². The lowest BCUT2D eigenvalue weighted by atomic mass is 9.95. The van der Waals surface area contributed by atoms with Crippen molar-refractivity contribution in [2.24, 2.45) is 7.05 Å². The monoisotopic (exact) mass is 391 g/mol. The Balaban J connectivity index is 1.39. The Kier molecular flexibility index (Phi) is 4.51. The van der Waals surface area contributed by atoms with E-state index in [1.807, 2.05) is 47.4 Å². The maximum Gasteiger partial charge on any atom is 0.329 e. The first-order valence-electron chi connectivity index (χ1n) is 10.3. The van der Waals surface area contributed by atoms with Crippen LogP contribution in [0.4, 0.5) is 0 Å². The van der Waals surface area contributed by atoms with Crippen molar-refractivity contribution in [2.45, 2.75) is 44.1 Å². The van der Waals surface area contributed by atoms with E-state index in [-0.39, 0.29) is 36.4 Å². The van der Waals surface area contributed by atoms with Crippen molar-refractivity contribution in [3.63, 3.8) is 0 Å². The molecule has 3 atom stereocenters. The van der Waals surface area contributed by atoms with E-state index < -0.39 is 0 Å². The van der Waals surface area contributed by atoms with Gasteiger partial charge in [0, 0.05) is 20.0 Å². The van der Waals surface area contributed by atoms with Crippen LogP contribution in [0.15, 0.2) is 59.4 Å². The van der Waals surface area contributed by atoms with Crippen molar-refractivity contribution in [3.8, 4) is 0 Å². The van der Waals surface area contributed by atoms with Gasteiger partial charge in [0.1, 0.15) is 6.54 Å². The van der Waals surface area contributed by atoms with Crippen LogP contribution in [0.1, 0.15) is 30.9 Å². The van der Waals surface area contributed by atoms with Crippen LogP contribution >= 0.6 is 0 Å². The molecule has 2 aliphatic heterocycles. The molecule has 0 N–H and O–H groups in total. The Morgan fingerprint density at radius 1 is 1.07 bits per heavy atom. The summed E-state index contributed by atoms with van der Waals surface area (Å²) in [7, 11) is 1.75. The van der Waals surface area contributed by atoms with Crippen LogP contribution in [0.3, 0.4) is 0 Å². The molecule has 6 heteroatoms. The highest BCUT2D eigenvalue weighted by molar-refractivity contribution is 5.81. The molecule has 0 radical (unpaired) electrons. The number of likely N-dealkylation sites (tertiary alicyclic amines) is 1. The van der Waals surface area contributed by atoms with Gasteiger partial charge in [-0.2, -0.15) is 0 Å². The molecular weight excluding hydrogens is 366 g/mol. The molecule has 6 nitrogen and oxygen atoms in total. The fourth-order valence-corrected chi connectivity index (χ4v) is 4.88. The topological polar surface area (TPSA) is 56.5 Å². The van der Waals surface area contributed by atoms with Gasteiger partial charge in [-0.1, -0.05) is 42.5 Å². The molecule has 0 aliphatic carbocycles. The summed E-state index contributed by atoms with van der Waals surface area (Å²) in [4.78, 5) is 27.9. The summed E-state index contributed by atoms with van der Waals surface area (Å²) in [6, 6.07) is 17.9. The number of imidazole rings is 1. The summed E-state index contributed by atoms with van der Waals surface area (Å²) >= 11 is 0. The van der Waals surface area contributed by atoms with E-state index in [4.69, 9.17) is 4.74 Å². The molecular formula is C23H25N3O3. The minimum Gasteiger partial charge on any atom is -0.368 e. The van der Waals surface area contributed by atoms with Crippen LogP contribution in [0.5, 0.6) is 0 Å². The highest BCUT2D eigenvalue weighted by Crippen LogP contribution is 2.39. The molecule has 0 unspecified atom stereocenters. The van der Waals surface area contributed by atoms with E-state index in [9.17, 15) is 9.59 Å². The Labute approximate surface area is 169 Å². The molecule has 3 heterocycles. The molecule has 150 valence electrons. The highest BCUT2D eigenvalue weighted by Gasteiger charge is 2.43. The normalized spacial score (nSPS) is 24.0. The van der Waals surface area contributed by atoms with E-state index in [0.29, 0.717) is 0 Å². The number of hydrogen-bond acceptors (Lipinski definition) is 3. The minimum atomic E-state index is -0.155. The molecule has 2 aromatic carbocycles. The third-order valence-corrected chi connectivity index (χ3v) is 6.35. The number of rotatable bonds is 3. The lowest BCUT2D eigenvalue weighted by Gasteiger charge is -2.36. The van der Waals surface area contributed by atoms with Gasteiger partial charge in [-0.25, -0.2) is 4.79 Å². The Bertz CT molecular complexity index is 1100. The van der Waals surface area contributed by atoms with Gasteiger partial charge in [-0.3, -0.25) is 13.9 Å². The van der Waals surface area contributed by atoms with Crippen LogP contribution < -0.4 is 5.69 Å². The van der Waals surface area contributed by atoms with Gasteiger partial charge in [0.25, 0.3) is 0 Å². The van der Waals surface area contributed by atoms with E-state index in [0.717, 1.165) is 36.8 Å². The average molecular weight is 391 g/mol. The summed E-state index contributed by atoms with van der Waals surface area (Å²) in [6.07, 6.45) is 2.82. The third-order valence-electron chi connectivity index (χ3n) is 6.35. The van der Waals surface area contributed by atoms with E-state index in [1.54, 1.807) is 16.2 Å². The number of aromatic nitrogens is 2. The standard InChI is InChI=1S/C23H25N3O3/c1-24-17-10-5-6-11-18(17)26(23(24)28)15-22(27)25-13-7-12-20-19(25)14-21(29-20)16-8-3-2-4-9-16/h2-6,8-11,19-21H,7,12-15H2,1H3/t19-,20-,21-/m0/s1. The summed E-state index contributed by atoms with van der Waals surface area (Å²) in [5.41, 5.74) is 2.65. The number of hydrogen-bond donors (Lipinski definition) is 0. The van der Waals surface area contributed by atoms with Crippen molar-refractivity contribution in [3.05, 3.63) is 70.6 Å². The number of aryl methyl sites for hydroxylation is 1. The molecule has 2 saturated heterocycles. The predicted molar refractivity (Wildman–Crippen MR) is 111 cm³/mol. The van der Waals surface area contributed by atoms with Crippen molar-refractivity contribution in [1.82, 2.24) is 14.0 Å². The van der Waals surface area contributed by atoms with Crippen LogP contribution in [0.25, 0.3) is 11.0 Å². The number of para-hydroxylation sites is 2. The number of carbonyl (C=O) groups is 1. The first-order chi connectivity index (χ1) is 14.1. The minimum absolute atomic E-state index is 0.00420. The molecule has 0 spiro atoms. The Morgan fingerprint density at radius 2 is 1.79 bits per heavy atom. The zero-order valence-corrected chi connectivity index (χ0v) is 16.5. The fraction of sp³-hybridized carbons (Fsp3) is 0.391. The summed E-state index contributed by atoms with van der Waals surface area (Å²) in [5.74, 6) is -0.00420. The van der Waals surface area contributed by atoms with Crippen LogP contribution in [0, 0.1) is 0 Å². The van der Waals surface area contributed by atoms with Crippen LogP contribution in [-0.4, -0.2) is 38.6 Å². The number of ether oxygens (including phenoxy) is 1. The molecule has 1 aromatic heterocycles. The zero-order chi connectivity index (χ0) is 20.0. The molecule has 1 amide bonds. The van der Waals surface area contributed by atoms with Gasteiger partial charge < -0.3 is 9.64 Å². The van der Waals surface area contributed by atoms with E-state index >= 15 is 0 Å². The van der Waals surface area contributed by atoms with Gasteiger partial charge in [0.2, 0.25) is 5.91 Å². The van der Waals surface area contributed by atoms with E-state index in [2.05, 4.69) is 12.1 Å². The molecule has 29 heavy (non-hydrogen) atoms. The number of carbonyl (C=O) groups excluding carboxylic acids is 1. The van der Waals surface area contributed by atoms with Crippen molar-refractivity contribution >= 4 is 16.9 Å². The largest absolute Gasteiger partial charge is 0.368 e. The number of nitrogens with zero attached hydrogens (tertiary/aromatic N) is 3. The lowest BCUT2D eigenvalue weighted by molar-refractivity contribution is -0.137. The smallest absolute Gasteiger partial charge is 0.329 e. The first kappa shape index (κ1) is 18.2. The van der Waals surface area contributed by atoms with Gasteiger partial charge in [-0.05, 0) is 30.5 Å². The van der Waals surface area contributed by atoms with Gasteiger partial charge >= 0.3 is 5.69 Å². The SMILES string of the molecule is Cn1c(=O)n(CC(=O)N2CCC[C@@H]3O[C@H](c4ccccc4)C[C@@H]32)c2ccccc21. The average Bonchev–Trinajstić information content (AvgIpc) is 3.30. The summed E-state index contributed by atoms with van der Waals surface area (Å²) in [5, 5.41) is 0. The number of fused-ring (bicyclic) bond motifs is 2. The molecule has 2 fully saturated rings. The van der Waals surface area contributed by atoms with Crippen LogP contribution in [-0.2, 0) is 23.1 Å². The summed E-state index contributed by atoms with van der Waals surface area (Å²) in [6.45, 7) is 0.795. The van der Waals surface area contributed by atoms with Gasteiger partial charge in [-0.15, -0.1) is 0 Å². The second kappa shape index (κ2) is 7.19. The Morgan fingerprint density at radius 3 is 2.59 bits per heavy atom. The number of piperidine rings is 1.